The third-order valence-corrected chi connectivity index (χ3v) is 5.60. The lowest BCUT2D eigenvalue weighted by Crippen LogP contribution is -2.03. The molecule has 0 unspecified atom stereocenters. The molecule has 0 aliphatic heterocycles. The Morgan fingerprint density at radius 3 is 1.97 bits per heavy atom. The van der Waals surface area contributed by atoms with Gasteiger partial charge in [0.2, 0.25) is 9.84 Å². The molecule has 0 aliphatic carbocycles. The van der Waals surface area contributed by atoms with E-state index >= 15 is 0 Å². The zero-order valence-corrected chi connectivity index (χ0v) is 18.0. The number of ether oxygens (including phenoxy) is 2. The van der Waals surface area contributed by atoms with E-state index in [4.69, 9.17) is 9.47 Å². The molecule has 0 amide bonds. The molecule has 12 heteroatoms. The van der Waals surface area contributed by atoms with Gasteiger partial charge in [-0.1, -0.05) is 6.07 Å². The molecule has 11 nitrogen and oxygen atoms in total. The third kappa shape index (κ3) is 5.55. The van der Waals surface area contributed by atoms with Gasteiger partial charge in [0.1, 0.15) is 0 Å². The van der Waals surface area contributed by atoms with Crippen LogP contribution in [0, 0.1) is 20.2 Å². The Balaban J connectivity index is 2.57. The number of hydrogen-bond donors (Lipinski definition) is 0. The average molecular weight is 462 g/mol. The normalized spacial score (nSPS) is 11.9. The summed E-state index contributed by atoms with van der Waals surface area (Å²) >= 11 is 0. The molecule has 168 valence electrons. The molecule has 2 aromatic carbocycles. The fraction of sp³-hybridized carbons (Fsp3) is 0.150. The number of methoxy groups -OCH3 is 2. The molecular formula is C20H18N2O9S. The van der Waals surface area contributed by atoms with Crippen LogP contribution in [-0.2, 0) is 14.6 Å². The van der Waals surface area contributed by atoms with Crippen LogP contribution < -0.4 is 9.47 Å². The van der Waals surface area contributed by atoms with Crippen LogP contribution in [0.5, 0.6) is 11.5 Å². The van der Waals surface area contributed by atoms with Crippen molar-refractivity contribution >= 4 is 38.0 Å². The van der Waals surface area contributed by atoms with Gasteiger partial charge in [0, 0.05) is 29.2 Å². The number of nitrogens with zero attached hydrogens (tertiary/aromatic N) is 2. The number of hydrogen-bond acceptors (Lipinski definition) is 9. The number of carbonyl (C=O) groups is 1. The van der Waals surface area contributed by atoms with Crippen molar-refractivity contribution in [3.8, 4) is 11.5 Å². The highest BCUT2D eigenvalue weighted by atomic mass is 32.2. The number of sulfone groups is 1. The van der Waals surface area contributed by atoms with E-state index in [0.29, 0.717) is 0 Å². The smallest absolute Gasteiger partial charge is 0.311 e. The van der Waals surface area contributed by atoms with Gasteiger partial charge in [-0.25, -0.2) is 8.42 Å². The van der Waals surface area contributed by atoms with Crippen molar-refractivity contribution < 1.29 is 32.5 Å². The Labute approximate surface area is 182 Å². The predicted octanol–water partition coefficient (Wildman–Crippen LogP) is 3.54. The maximum atomic E-state index is 13.0. The van der Waals surface area contributed by atoms with Crippen LogP contribution in [0.1, 0.15) is 18.1 Å². The summed E-state index contributed by atoms with van der Waals surface area (Å²) < 4.78 is 35.7. The summed E-state index contributed by atoms with van der Waals surface area (Å²) in [7, 11) is -1.80. The number of benzene rings is 2. The fourth-order valence-corrected chi connectivity index (χ4v) is 3.96. The van der Waals surface area contributed by atoms with E-state index in [1.54, 1.807) is 0 Å². The zero-order valence-electron chi connectivity index (χ0n) is 17.2. The second kappa shape index (κ2) is 9.83. The van der Waals surface area contributed by atoms with Gasteiger partial charge in [-0.05, 0) is 36.8 Å². The number of ketones is 1. The van der Waals surface area contributed by atoms with E-state index in [2.05, 4.69) is 0 Å². The van der Waals surface area contributed by atoms with Crippen LogP contribution in [0.3, 0.4) is 0 Å². The van der Waals surface area contributed by atoms with Crippen LogP contribution in [0.25, 0.3) is 11.0 Å². The van der Waals surface area contributed by atoms with Gasteiger partial charge in [-0.2, -0.15) is 0 Å². The third-order valence-electron chi connectivity index (χ3n) is 4.14. The van der Waals surface area contributed by atoms with E-state index in [1.807, 2.05) is 0 Å². The first-order chi connectivity index (χ1) is 15.0. The minimum absolute atomic E-state index is 0.00212. The SMILES string of the molecule is COc1ccc(C=CS(=O)(=O)/C(=C\C(C)=O)c2ccc(OC)c([N+](=O)[O-])c2)cc1[N+](=O)[O-]. The number of nitro groups is 2. The van der Waals surface area contributed by atoms with Crippen molar-refractivity contribution in [1.82, 2.24) is 0 Å². The lowest BCUT2D eigenvalue weighted by Gasteiger charge is -2.08. The van der Waals surface area contributed by atoms with E-state index < -0.39 is 36.1 Å². The number of rotatable bonds is 9. The first-order valence-electron chi connectivity index (χ1n) is 8.80. The molecule has 0 bridgehead atoms. The van der Waals surface area contributed by atoms with Gasteiger partial charge in [0.05, 0.1) is 29.0 Å². The van der Waals surface area contributed by atoms with Gasteiger partial charge < -0.3 is 9.47 Å². The quantitative estimate of drug-likeness (QED) is 0.309. The summed E-state index contributed by atoms with van der Waals surface area (Å²) in [4.78, 5) is 32.2. The van der Waals surface area contributed by atoms with Gasteiger partial charge in [0.15, 0.2) is 17.3 Å². The standard InChI is InChI=1S/C20H18N2O9S/c1-13(23)10-20(15-5-7-19(31-3)17(12-15)22(26)27)32(28,29)9-8-14-4-6-18(30-2)16(11-14)21(24)25/h4-12H,1-3H3/b9-8?,20-10-. The van der Waals surface area contributed by atoms with Gasteiger partial charge in [-0.15, -0.1) is 0 Å². The lowest BCUT2D eigenvalue weighted by molar-refractivity contribution is -0.385. The average Bonchev–Trinajstić information content (AvgIpc) is 2.75. The maximum absolute atomic E-state index is 13.0. The summed E-state index contributed by atoms with van der Waals surface area (Å²) in [6.45, 7) is 1.13. The van der Waals surface area contributed by atoms with E-state index in [9.17, 15) is 33.4 Å². The predicted molar refractivity (Wildman–Crippen MR) is 116 cm³/mol. The number of carbonyl (C=O) groups excluding carboxylic acids is 1. The van der Waals surface area contributed by atoms with E-state index in [0.717, 1.165) is 36.6 Å². The Bertz CT molecular complexity index is 1250. The van der Waals surface area contributed by atoms with Crippen LogP contribution in [0.2, 0.25) is 0 Å². The summed E-state index contributed by atoms with van der Waals surface area (Å²) in [6.07, 6.45) is 1.94. The van der Waals surface area contributed by atoms with Crippen molar-refractivity contribution in [2.45, 2.75) is 6.92 Å². The van der Waals surface area contributed by atoms with Crippen molar-refractivity contribution in [1.29, 1.82) is 0 Å². The Kier molecular flexibility index (Phi) is 7.44. The molecule has 0 radical (unpaired) electrons. The second-order valence-electron chi connectivity index (χ2n) is 6.30. The largest absolute Gasteiger partial charge is 0.490 e. The molecule has 2 rings (SSSR count). The maximum Gasteiger partial charge on any atom is 0.311 e. The molecule has 0 spiro atoms. The van der Waals surface area contributed by atoms with Crippen molar-refractivity contribution in [2.24, 2.45) is 0 Å². The molecule has 0 saturated carbocycles. The Morgan fingerprint density at radius 1 is 0.938 bits per heavy atom. The van der Waals surface area contributed by atoms with Crippen LogP contribution in [-0.4, -0.2) is 38.3 Å². The Hall–Kier alpha value is -4.06. The highest BCUT2D eigenvalue weighted by Crippen LogP contribution is 2.33. The molecule has 32 heavy (non-hydrogen) atoms. The van der Waals surface area contributed by atoms with Crippen molar-refractivity contribution in [2.75, 3.05) is 14.2 Å². The summed E-state index contributed by atoms with van der Waals surface area (Å²) in [5.41, 5.74) is -0.760. The molecule has 0 N–H and O–H groups in total. The Morgan fingerprint density at radius 2 is 1.47 bits per heavy atom. The summed E-state index contributed by atoms with van der Waals surface area (Å²) in [5.74, 6) is -0.687. The minimum atomic E-state index is -4.28. The van der Waals surface area contributed by atoms with Crippen molar-refractivity contribution in [3.05, 3.63) is 79.2 Å². The first kappa shape index (κ1) is 24.2. The van der Waals surface area contributed by atoms with Crippen molar-refractivity contribution in [3.63, 3.8) is 0 Å². The number of nitro benzene ring substituents is 2. The molecule has 0 saturated heterocycles. The minimum Gasteiger partial charge on any atom is -0.490 e. The number of allylic oxidation sites excluding steroid dienone is 1. The monoisotopic (exact) mass is 462 g/mol. The fourth-order valence-electron chi connectivity index (χ4n) is 2.70. The zero-order chi connectivity index (χ0) is 24.1. The van der Waals surface area contributed by atoms with E-state index in [1.165, 1.54) is 38.5 Å². The molecule has 0 heterocycles. The molecule has 2 aromatic rings. The van der Waals surface area contributed by atoms with Gasteiger partial charge in [-0.3, -0.25) is 25.0 Å². The second-order valence-corrected chi connectivity index (χ2v) is 8.10. The van der Waals surface area contributed by atoms with Gasteiger partial charge in [0.25, 0.3) is 0 Å². The molecule has 0 atom stereocenters. The summed E-state index contributed by atoms with van der Waals surface area (Å²) in [6, 6.07) is 7.31. The van der Waals surface area contributed by atoms with Crippen LogP contribution >= 0.6 is 0 Å². The topological polar surface area (TPSA) is 156 Å². The molecule has 0 fully saturated rings. The highest BCUT2D eigenvalue weighted by molar-refractivity contribution is 8.03. The lowest BCUT2D eigenvalue weighted by atomic mass is 10.1. The van der Waals surface area contributed by atoms with E-state index in [-0.39, 0.29) is 28.3 Å². The van der Waals surface area contributed by atoms with Crippen LogP contribution in [0.15, 0.2) is 47.9 Å². The van der Waals surface area contributed by atoms with Crippen LogP contribution in [0.4, 0.5) is 11.4 Å². The highest BCUT2D eigenvalue weighted by Gasteiger charge is 2.23. The first-order valence-corrected chi connectivity index (χ1v) is 10.4. The molecule has 0 aromatic heterocycles. The van der Waals surface area contributed by atoms with Gasteiger partial charge >= 0.3 is 11.4 Å². The summed E-state index contributed by atoms with van der Waals surface area (Å²) in [5, 5.41) is 23.2. The molecule has 0 aliphatic rings. The molecular weight excluding hydrogens is 444 g/mol.